The van der Waals surface area contributed by atoms with E-state index in [0.717, 1.165) is 5.56 Å². The third-order valence-corrected chi connectivity index (χ3v) is 4.37. The number of benzene rings is 3. The van der Waals surface area contributed by atoms with Crippen molar-refractivity contribution in [1.82, 2.24) is 0 Å². The summed E-state index contributed by atoms with van der Waals surface area (Å²) in [6.45, 7) is 0. The number of rotatable bonds is 2. The van der Waals surface area contributed by atoms with Gasteiger partial charge in [-0.1, -0.05) is 54.6 Å². The van der Waals surface area contributed by atoms with Gasteiger partial charge in [0.05, 0.1) is 7.11 Å². The molecule has 1 aliphatic rings. The van der Waals surface area contributed by atoms with Gasteiger partial charge in [-0.3, -0.25) is 0 Å². The van der Waals surface area contributed by atoms with Crippen LogP contribution in [0, 0.1) is 0 Å². The van der Waals surface area contributed by atoms with Crippen LogP contribution in [0.15, 0.2) is 66.7 Å². The fourth-order valence-electron chi connectivity index (χ4n) is 3.39. The fraction of sp³-hybridized carbons (Fsp3) is 0.100. The van der Waals surface area contributed by atoms with E-state index in [1.165, 1.54) is 22.3 Å². The van der Waals surface area contributed by atoms with E-state index in [4.69, 9.17) is 4.74 Å². The van der Waals surface area contributed by atoms with E-state index in [2.05, 4.69) is 48.5 Å². The van der Waals surface area contributed by atoms with E-state index in [-0.39, 0.29) is 11.7 Å². The molecule has 0 spiro atoms. The molecule has 0 heterocycles. The maximum atomic E-state index is 9.84. The molecule has 3 aromatic rings. The lowest BCUT2D eigenvalue weighted by Crippen LogP contribution is -1.99. The predicted molar refractivity (Wildman–Crippen MR) is 87.5 cm³/mol. The molecule has 0 atom stereocenters. The monoisotopic (exact) mass is 288 g/mol. The summed E-state index contributed by atoms with van der Waals surface area (Å²) < 4.78 is 5.27. The Labute approximate surface area is 129 Å². The molecule has 1 N–H and O–H groups in total. The second-order valence-electron chi connectivity index (χ2n) is 5.54. The Balaban J connectivity index is 1.95. The van der Waals surface area contributed by atoms with E-state index < -0.39 is 0 Å². The van der Waals surface area contributed by atoms with Gasteiger partial charge in [0.25, 0.3) is 0 Å². The maximum absolute atomic E-state index is 9.84. The second kappa shape index (κ2) is 4.92. The topological polar surface area (TPSA) is 29.5 Å². The number of hydrogen-bond donors (Lipinski definition) is 1. The average molecular weight is 288 g/mol. The fourth-order valence-corrected chi connectivity index (χ4v) is 3.39. The van der Waals surface area contributed by atoms with Crippen LogP contribution in [0.4, 0.5) is 0 Å². The van der Waals surface area contributed by atoms with Gasteiger partial charge in [-0.2, -0.15) is 0 Å². The van der Waals surface area contributed by atoms with Crippen LogP contribution in [0.2, 0.25) is 0 Å². The quantitative estimate of drug-likeness (QED) is 0.586. The molecule has 22 heavy (non-hydrogen) atoms. The highest BCUT2D eigenvalue weighted by molar-refractivity contribution is 5.80. The lowest BCUT2D eigenvalue weighted by molar-refractivity contribution is 0.373. The Morgan fingerprint density at radius 2 is 1.41 bits per heavy atom. The highest BCUT2D eigenvalue weighted by Gasteiger charge is 2.29. The number of ether oxygens (including phenoxy) is 1. The molecule has 2 heteroatoms. The zero-order chi connectivity index (χ0) is 15.1. The van der Waals surface area contributed by atoms with Crippen molar-refractivity contribution in [3.05, 3.63) is 83.4 Å². The number of aromatic hydroxyl groups is 1. The zero-order valence-electron chi connectivity index (χ0n) is 12.3. The second-order valence-corrected chi connectivity index (χ2v) is 5.54. The molecule has 0 radical (unpaired) electrons. The minimum Gasteiger partial charge on any atom is -0.504 e. The summed E-state index contributed by atoms with van der Waals surface area (Å²) >= 11 is 0. The predicted octanol–water partition coefficient (Wildman–Crippen LogP) is 4.56. The van der Waals surface area contributed by atoms with Gasteiger partial charge in [0.1, 0.15) is 0 Å². The van der Waals surface area contributed by atoms with Gasteiger partial charge in [0.15, 0.2) is 11.5 Å². The number of phenols is 1. The molecule has 0 saturated heterocycles. The highest BCUT2D eigenvalue weighted by atomic mass is 16.5. The average Bonchev–Trinajstić information content (AvgIpc) is 2.90. The standard InChI is InChI=1S/C20H16O2/c1-22-19-12-13(10-11-18(19)21)20-16-8-4-2-6-14(16)15-7-3-5-9-17(15)20/h2-12,20-21H,1H3. The van der Waals surface area contributed by atoms with Crippen LogP contribution >= 0.6 is 0 Å². The van der Waals surface area contributed by atoms with Crippen molar-refractivity contribution in [1.29, 1.82) is 0 Å². The van der Waals surface area contributed by atoms with Gasteiger partial charge in [0.2, 0.25) is 0 Å². The number of methoxy groups -OCH3 is 1. The summed E-state index contributed by atoms with van der Waals surface area (Å²) in [5.74, 6) is 0.868. The minimum absolute atomic E-state index is 0.172. The van der Waals surface area contributed by atoms with Gasteiger partial charge in [0, 0.05) is 5.92 Å². The lowest BCUT2D eigenvalue weighted by atomic mass is 9.89. The Morgan fingerprint density at radius 3 is 2.00 bits per heavy atom. The number of phenolic OH excluding ortho intramolecular Hbond substituents is 1. The molecule has 2 nitrogen and oxygen atoms in total. The van der Waals surface area contributed by atoms with Crippen molar-refractivity contribution in [2.45, 2.75) is 5.92 Å². The van der Waals surface area contributed by atoms with E-state index >= 15 is 0 Å². The molecule has 4 rings (SSSR count). The Hall–Kier alpha value is -2.74. The van der Waals surface area contributed by atoms with E-state index in [1.807, 2.05) is 12.1 Å². The molecule has 0 unspecified atom stereocenters. The summed E-state index contributed by atoms with van der Waals surface area (Å²) in [5, 5.41) is 9.84. The third kappa shape index (κ3) is 1.81. The van der Waals surface area contributed by atoms with Gasteiger partial charge in [-0.15, -0.1) is 0 Å². The van der Waals surface area contributed by atoms with E-state index in [0.29, 0.717) is 5.75 Å². The highest BCUT2D eigenvalue weighted by Crippen LogP contribution is 2.48. The first-order valence-corrected chi connectivity index (χ1v) is 7.34. The molecular weight excluding hydrogens is 272 g/mol. The van der Waals surface area contributed by atoms with E-state index in [9.17, 15) is 5.11 Å². The molecule has 0 fully saturated rings. The first kappa shape index (κ1) is 13.0. The van der Waals surface area contributed by atoms with Gasteiger partial charge in [-0.05, 0) is 39.9 Å². The Kier molecular flexibility index (Phi) is 2.90. The van der Waals surface area contributed by atoms with E-state index in [1.54, 1.807) is 13.2 Å². The number of hydrogen-bond acceptors (Lipinski definition) is 2. The van der Waals surface area contributed by atoms with Crippen molar-refractivity contribution in [2.24, 2.45) is 0 Å². The number of fused-ring (bicyclic) bond motifs is 3. The summed E-state index contributed by atoms with van der Waals surface area (Å²) in [4.78, 5) is 0. The summed E-state index contributed by atoms with van der Waals surface area (Å²) in [6, 6.07) is 22.6. The van der Waals surface area contributed by atoms with Crippen LogP contribution in [0.25, 0.3) is 11.1 Å². The van der Waals surface area contributed by atoms with Crippen LogP contribution in [0.3, 0.4) is 0 Å². The lowest BCUT2D eigenvalue weighted by Gasteiger charge is -2.15. The van der Waals surface area contributed by atoms with Crippen LogP contribution in [-0.4, -0.2) is 12.2 Å². The molecule has 3 aromatic carbocycles. The minimum atomic E-state index is 0.172. The van der Waals surface area contributed by atoms with Gasteiger partial charge >= 0.3 is 0 Å². The van der Waals surface area contributed by atoms with Gasteiger partial charge in [-0.25, -0.2) is 0 Å². The Bertz CT molecular complexity index is 806. The summed E-state index contributed by atoms with van der Waals surface area (Å²) in [7, 11) is 1.58. The van der Waals surface area contributed by atoms with Crippen LogP contribution in [0.5, 0.6) is 11.5 Å². The molecular formula is C20H16O2. The summed E-state index contributed by atoms with van der Waals surface area (Å²) in [6.07, 6.45) is 0. The molecule has 0 saturated carbocycles. The molecule has 0 aliphatic heterocycles. The molecule has 0 bridgehead atoms. The maximum Gasteiger partial charge on any atom is 0.160 e. The smallest absolute Gasteiger partial charge is 0.160 e. The SMILES string of the molecule is COc1cc(C2c3ccccc3-c3ccccc32)ccc1O. The van der Waals surface area contributed by atoms with Gasteiger partial charge < -0.3 is 9.84 Å². The summed E-state index contributed by atoms with van der Waals surface area (Å²) in [5.41, 5.74) is 6.31. The van der Waals surface area contributed by atoms with Crippen molar-refractivity contribution in [3.8, 4) is 22.6 Å². The molecule has 1 aliphatic carbocycles. The first-order chi connectivity index (χ1) is 10.8. The largest absolute Gasteiger partial charge is 0.504 e. The third-order valence-electron chi connectivity index (χ3n) is 4.37. The van der Waals surface area contributed by atoms with Crippen molar-refractivity contribution < 1.29 is 9.84 Å². The van der Waals surface area contributed by atoms with Crippen molar-refractivity contribution in [2.75, 3.05) is 7.11 Å². The van der Waals surface area contributed by atoms with Crippen molar-refractivity contribution in [3.63, 3.8) is 0 Å². The van der Waals surface area contributed by atoms with Crippen LogP contribution < -0.4 is 4.74 Å². The first-order valence-electron chi connectivity index (χ1n) is 7.34. The molecule has 0 aromatic heterocycles. The van der Waals surface area contributed by atoms with Crippen LogP contribution in [-0.2, 0) is 0 Å². The van der Waals surface area contributed by atoms with Crippen LogP contribution in [0.1, 0.15) is 22.6 Å². The van der Waals surface area contributed by atoms with Crippen molar-refractivity contribution >= 4 is 0 Å². The Morgan fingerprint density at radius 1 is 0.818 bits per heavy atom. The molecule has 108 valence electrons. The molecule has 0 amide bonds. The normalized spacial score (nSPS) is 12.8. The zero-order valence-corrected chi connectivity index (χ0v) is 12.3.